The summed E-state index contributed by atoms with van der Waals surface area (Å²) in [7, 11) is 0. The van der Waals surface area contributed by atoms with Gasteiger partial charge in [-0.25, -0.2) is 4.79 Å². The van der Waals surface area contributed by atoms with Crippen molar-refractivity contribution in [2.45, 2.75) is 26.2 Å². The third kappa shape index (κ3) is 3.74. The normalized spacial score (nSPS) is 11.1. The van der Waals surface area contributed by atoms with Gasteiger partial charge in [-0.05, 0) is 41.3 Å². The minimum Gasteiger partial charge on any atom is -0.421 e. The molecule has 0 amide bonds. The third-order valence-electron chi connectivity index (χ3n) is 3.28. The van der Waals surface area contributed by atoms with E-state index in [9.17, 15) is 9.59 Å². The van der Waals surface area contributed by atoms with Crippen LogP contribution >= 0.6 is 11.6 Å². The third-order valence-corrected chi connectivity index (χ3v) is 3.58. The Bertz CT molecular complexity index is 697. The van der Waals surface area contributed by atoms with E-state index in [1.807, 2.05) is 12.1 Å². The zero-order valence-electron chi connectivity index (χ0n) is 12.7. The summed E-state index contributed by atoms with van der Waals surface area (Å²) in [5.41, 5.74) is 2.04. The highest BCUT2D eigenvalue weighted by Crippen LogP contribution is 2.26. The highest BCUT2D eigenvalue weighted by molar-refractivity contribution is 6.32. The average Bonchev–Trinajstić information content (AvgIpc) is 2.48. The first-order chi connectivity index (χ1) is 10.3. The molecule has 0 radical (unpaired) electrons. The molecule has 0 saturated carbocycles. The summed E-state index contributed by atoms with van der Waals surface area (Å²) < 4.78 is 5.27. The molecule has 114 valence electrons. The fraction of sp³-hybridized carbons (Fsp3) is 0.222. The fourth-order valence-corrected chi connectivity index (χ4v) is 2.17. The predicted molar refractivity (Wildman–Crippen MR) is 86.9 cm³/mol. The Balaban J connectivity index is 2.17. The summed E-state index contributed by atoms with van der Waals surface area (Å²) in [6, 6.07) is 11.8. The molecule has 2 aromatic carbocycles. The van der Waals surface area contributed by atoms with Gasteiger partial charge in [0.05, 0.1) is 10.6 Å². The van der Waals surface area contributed by atoms with Gasteiger partial charge in [-0.1, -0.05) is 44.5 Å². The number of benzene rings is 2. The molecular weight excluding hydrogens is 300 g/mol. The summed E-state index contributed by atoms with van der Waals surface area (Å²) in [5.74, 6) is -0.252. The maximum Gasteiger partial charge on any atom is 0.343 e. The van der Waals surface area contributed by atoms with Crippen LogP contribution in [0.5, 0.6) is 5.75 Å². The molecule has 2 rings (SSSR count). The molecule has 0 aliphatic rings. The van der Waals surface area contributed by atoms with Crippen molar-refractivity contribution in [3.63, 3.8) is 0 Å². The molecule has 0 N–H and O–H groups in total. The molecule has 0 bridgehead atoms. The van der Waals surface area contributed by atoms with Crippen molar-refractivity contribution in [2.75, 3.05) is 0 Å². The van der Waals surface area contributed by atoms with E-state index in [1.54, 1.807) is 18.2 Å². The molecule has 0 aromatic heterocycles. The van der Waals surface area contributed by atoms with Crippen molar-refractivity contribution in [1.29, 1.82) is 0 Å². The summed E-state index contributed by atoms with van der Waals surface area (Å²) >= 11 is 5.99. The Morgan fingerprint density at radius 3 is 2.23 bits per heavy atom. The number of halogens is 1. The monoisotopic (exact) mass is 316 g/mol. The molecule has 3 nitrogen and oxygen atoms in total. The highest BCUT2D eigenvalue weighted by Gasteiger charge is 2.16. The highest BCUT2D eigenvalue weighted by atomic mass is 35.5. The van der Waals surface area contributed by atoms with Crippen LogP contribution in [0.1, 0.15) is 47.1 Å². The lowest BCUT2D eigenvalue weighted by molar-refractivity contribution is 0.0734. The molecule has 0 atom stereocenters. The standard InChI is InChI=1S/C18H17ClO3/c1-18(2,3)14-7-5-13(6-8-14)17(21)22-16-9-4-12(11-20)10-15(16)19/h4-11H,1-3H3. The van der Waals surface area contributed by atoms with Gasteiger partial charge in [0, 0.05) is 5.56 Å². The van der Waals surface area contributed by atoms with Crippen molar-refractivity contribution in [3.05, 3.63) is 64.2 Å². The first-order valence-corrected chi connectivity index (χ1v) is 7.26. The van der Waals surface area contributed by atoms with E-state index < -0.39 is 5.97 Å². The fourth-order valence-electron chi connectivity index (χ4n) is 1.94. The summed E-state index contributed by atoms with van der Waals surface area (Å²) in [6.45, 7) is 6.32. The predicted octanol–water partition coefficient (Wildman–Crippen LogP) is 4.67. The Morgan fingerprint density at radius 2 is 1.73 bits per heavy atom. The average molecular weight is 317 g/mol. The van der Waals surface area contributed by atoms with Crippen LogP contribution in [-0.2, 0) is 5.41 Å². The Labute approximate surface area is 134 Å². The van der Waals surface area contributed by atoms with Crippen LogP contribution in [0.15, 0.2) is 42.5 Å². The van der Waals surface area contributed by atoms with Crippen molar-refractivity contribution < 1.29 is 14.3 Å². The lowest BCUT2D eigenvalue weighted by Crippen LogP contribution is -2.13. The topological polar surface area (TPSA) is 43.4 Å². The largest absolute Gasteiger partial charge is 0.421 e. The summed E-state index contributed by atoms with van der Waals surface area (Å²) in [6.07, 6.45) is 0.683. The first-order valence-electron chi connectivity index (χ1n) is 6.89. The number of hydrogen-bond donors (Lipinski definition) is 0. The molecule has 22 heavy (non-hydrogen) atoms. The molecule has 0 spiro atoms. The Hall–Kier alpha value is -2.13. The number of rotatable bonds is 3. The van der Waals surface area contributed by atoms with Crippen LogP contribution in [-0.4, -0.2) is 12.3 Å². The molecule has 0 unspecified atom stereocenters. The van der Waals surface area contributed by atoms with Gasteiger partial charge in [-0.15, -0.1) is 0 Å². The number of aldehydes is 1. The maximum absolute atomic E-state index is 12.1. The van der Waals surface area contributed by atoms with Crippen molar-refractivity contribution in [1.82, 2.24) is 0 Å². The van der Waals surface area contributed by atoms with Crippen LogP contribution in [0.3, 0.4) is 0 Å². The second kappa shape index (κ2) is 6.32. The van der Waals surface area contributed by atoms with Crippen molar-refractivity contribution in [3.8, 4) is 5.75 Å². The minimum absolute atomic E-state index is 0.0242. The molecule has 0 saturated heterocycles. The van der Waals surface area contributed by atoms with Gasteiger partial charge in [-0.3, -0.25) is 4.79 Å². The quantitative estimate of drug-likeness (QED) is 0.469. The van der Waals surface area contributed by atoms with Crippen LogP contribution in [0.4, 0.5) is 0 Å². The van der Waals surface area contributed by atoms with Crippen LogP contribution < -0.4 is 4.74 Å². The lowest BCUT2D eigenvalue weighted by atomic mass is 9.87. The molecule has 4 heteroatoms. The molecule has 0 aliphatic carbocycles. The minimum atomic E-state index is -0.485. The Kier molecular flexibility index (Phi) is 4.67. The van der Waals surface area contributed by atoms with Gasteiger partial charge in [0.25, 0.3) is 0 Å². The van der Waals surface area contributed by atoms with Crippen molar-refractivity contribution >= 4 is 23.9 Å². The van der Waals surface area contributed by atoms with Gasteiger partial charge in [0.2, 0.25) is 0 Å². The van der Waals surface area contributed by atoms with E-state index in [0.29, 0.717) is 17.4 Å². The molecule has 0 heterocycles. The first kappa shape index (κ1) is 16.2. The lowest BCUT2D eigenvalue weighted by Gasteiger charge is -2.18. The number of ether oxygens (including phenoxy) is 1. The van der Waals surface area contributed by atoms with Gasteiger partial charge in [0.1, 0.15) is 12.0 Å². The van der Waals surface area contributed by atoms with E-state index in [-0.39, 0.29) is 16.2 Å². The summed E-state index contributed by atoms with van der Waals surface area (Å²) in [4.78, 5) is 22.8. The molecule has 0 fully saturated rings. The molecular formula is C18H17ClO3. The zero-order valence-corrected chi connectivity index (χ0v) is 13.5. The summed E-state index contributed by atoms with van der Waals surface area (Å²) in [5, 5.41) is 0.226. The van der Waals surface area contributed by atoms with E-state index >= 15 is 0 Å². The number of carbonyl (C=O) groups excluding carboxylic acids is 2. The van der Waals surface area contributed by atoms with Gasteiger partial charge < -0.3 is 4.74 Å². The zero-order chi connectivity index (χ0) is 16.3. The van der Waals surface area contributed by atoms with E-state index in [2.05, 4.69) is 20.8 Å². The van der Waals surface area contributed by atoms with Gasteiger partial charge in [-0.2, -0.15) is 0 Å². The van der Waals surface area contributed by atoms with Crippen molar-refractivity contribution in [2.24, 2.45) is 0 Å². The molecule has 2 aromatic rings. The second-order valence-electron chi connectivity index (χ2n) is 6.02. The molecule has 0 aliphatic heterocycles. The number of hydrogen-bond acceptors (Lipinski definition) is 3. The van der Waals surface area contributed by atoms with Gasteiger partial charge >= 0.3 is 5.97 Å². The number of carbonyl (C=O) groups is 2. The van der Waals surface area contributed by atoms with Crippen LogP contribution in [0, 0.1) is 0 Å². The number of esters is 1. The maximum atomic E-state index is 12.1. The van der Waals surface area contributed by atoms with E-state index in [4.69, 9.17) is 16.3 Å². The Morgan fingerprint density at radius 1 is 1.09 bits per heavy atom. The smallest absolute Gasteiger partial charge is 0.343 e. The van der Waals surface area contributed by atoms with E-state index in [0.717, 1.165) is 5.56 Å². The van der Waals surface area contributed by atoms with Crippen LogP contribution in [0.2, 0.25) is 5.02 Å². The second-order valence-corrected chi connectivity index (χ2v) is 6.43. The van der Waals surface area contributed by atoms with Gasteiger partial charge in [0.15, 0.2) is 0 Å². The van der Waals surface area contributed by atoms with E-state index in [1.165, 1.54) is 12.1 Å². The SMILES string of the molecule is CC(C)(C)c1ccc(C(=O)Oc2ccc(C=O)cc2Cl)cc1. The van der Waals surface area contributed by atoms with Crippen LogP contribution in [0.25, 0.3) is 0 Å².